The number of hydrogen-bond donors (Lipinski definition) is 2. The Morgan fingerprint density at radius 1 is 1.26 bits per heavy atom. The molecule has 1 heterocycles. The van der Waals surface area contributed by atoms with Crippen molar-refractivity contribution in [3.8, 4) is 0 Å². The second-order valence-electron chi connectivity index (χ2n) is 6.40. The lowest BCUT2D eigenvalue weighted by Gasteiger charge is -2.37. The van der Waals surface area contributed by atoms with Gasteiger partial charge in [-0.05, 0) is 42.9 Å². The highest BCUT2D eigenvalue weighted by atomic mass is 19.1. The number of hydrogen-bond acceptors (Lipinski definition) is 3. The fourth-order valence-corrected chi connectivity index (χ4v) is 3.90. The minimum Gasteiger partial charge on any atom is -0.396 e. The number of nitrogens with zero attached hydrogens (tertiary/aromatic N) is 1. The fourth-order valence-electron chi connectivity index (χ4n) is 3.90. The third-order valence-corrected chi connectivity index (χ3v) is 4.91. The molecule has 124 valence electrons. The largest absolute Gasteiger partial charge is 0.396 e. The molecule has 1 aromatic carbocycles. The summed E-state index contributed by atoms with van der Waals surface area (Å²) >= 11 is 0. The minimum absolute atomic E-state index is 0.0478. The Labute approximate surface area is 134 Å². The molecule has 2 N–H and O–H groups in total. The van der Waals surface area contributed by atoms with Gasteiger partial charge < -0.3 is 15.3 Å². The van der Waals surface area contributed by atoms with Gasteiger partial charge in [0.1, 0.15) is 5.82 Å². The molecule has 0 aromatic heterocycles. The van der Waals surface area contributed by atoms with Gasteiger partial charge in [0.05, 0.1) is 6.61 Å². The molecule has 2 amide bonds. The molecule has 2 fully saturated rings. The number of anilines is 1. The first-order valence-electron chi connectivity index (χ1n) is 8.03. The molecule has 0 radical (unpaired) electrons. The SMILES string of the molecule is O=C(Nc1cccc(F)c1)C1C2CCC1CN(C(=O)CCO)C2. The van der Waals surface area contributed by atoms with Crippen LogP contribution in [0.25, 0.3) is 0 Å². The number of rotatable bonds is 4. The summed E-state index contributed by atoms with van der Waals surface area (Å²) in [4.78, 5) is 26.3. The molecule has 1 aromatic rings. The molecule has 2 unspecified atom stereocenters. The third-order valence-electron chi connectivity index (χ3n) is 4.91. The average Bonchev–Trinajstić information content (AvgIpc) is 2.78. The number of aliphatic hydroxyl groups excluding tert-OH is 1. The van der Waals surface area contributed by atoms with E-state index < -0.39 is 0 Å². The number of fused-ring (bicyclic) bond motifs is 2. The third kappa shape index (κ3) is 3.37. The Hall–Kier alpha value is -1.95. The van der Waals surface area contributed by atoms with Crippen molar-refractivity contribution < 1.29 is 19.1 Å². The maximum atomic E-state index is 13.2. The summed E-state index contributed by atoms with van der Waals surface area (Å²) < 4.78 is 13.2. The van der Waals surface area contributed by atoms with Gasteiger partial charge in [-0.25, -0.2) is 4.39 Å². The Balaban J connectivity index is 1.66. The van der Waals surface area contributed by atoms with E-state index in [-0.39, 0.29) is 48.4 Å². The number of amides is 2. The minimum atomic E-state index is -0.379. The van der Waals surface area contributed by atoms with E-state index in [4.69, 9.17) is 5.11 Å². The fraction of sp³-hybridized carbons (Fsp3) is 0.529. The highest BCUT2D eigenvalue weighted by molar-refractivity contribution is 5.93. The normalized spacial score (nSPS) is 26.2. The average molecular weight is 320 g/mol. The van der Waals surface area contributed by atoms with E-state index in [1.165, 1.54) is 12.1 Å². The van der Waals surface area contributed by atoms with Gasteiger partial charge in [0.25, 0.3) is 0 Å². The van der Waals surface area contributed by atoms with Crippen LogP contribution in [0.2, 0.25) is 0 Å². The zero-order chi connectivity index (χ0) is 16.4. The van der Waals surface area contributed by atoms with Crippen molar-refractivity contribution in [3.63, 3.8) is 0 Å². The molecule has 3 rings (SSSR count). The number of likely N-dealkylation sites (tertiary alicyclic amines) is 1. The van der Waals surface area contributed by atoms with Crippen LogP contribution in [0.3, 0.4) is 0 Å². The number of carbonyl (C=O) groups excluding carboxylic acids is 2. The summed E-state index contributed by atoms with van der Waals surface area (Å²) in [5.41, 5.74) is 0.466. The Morgan fingerprint density at radius 2 is 1.96 bits per heavy atom. The van der Waals surface area contributed by atoms with E-state index in [2.05, 4.69) is 5.32 Å². The number of benzene rings is 1. The van der Waals surface area contributed by atoms with Gasteiger partial charge in [0, 0.05) is 31.1 Å². The predicted octanol–water partition coefficient (Wildman–Crippen LogP) is 1.63. The van der Waals surface area contributed by atoms with Crippen molar-refractivity contribution in [1.82, 2.24) is 4.90 Å². The molecular formula is C17H21FN2O3. The van der Waals surface area contributed by atoms with Crippen LogP contribution < -0.4 is 5.32 Å². The van der Waals surface area contributed by atoms with Gasteiger partial charge in [0.15, 0.2) is 0 Å². The molecule has 1 aliphatic heterocycles. The summed E-state index contributed by atoms with van der Waals surface area (Å²) in [7, 11) is 0. The lowest BCUT2D eigenvalue weighted by molar-refractivity contribution is -0.137. The molecule has 1 saturated carbocycles. The van der Waals surface area contributed by atoms with Gasteiger partial charge in [0.2, 0.25) is 11.8 Å². The lowest BCUT2D eigenvalue weighted by Crippen LogP contribution is -2.48. The first kappa shape index (κ1) is 15.9. The van der Waals surface area contributed by atoms with Crippen LogP contribution in [0.4, 0.5) is 10.1 Å². The van der Waals surface area contributed by atoms with E-state index in [9.17, 15) is 14.0 Å². The quantitative estimate of drug-likeness (QED) is 0.886. The van der Waals surface area contributed by atoms with Gasteiger partial charge in [-0.15, -0.1) is 0 Å². The van der Waals surface area contributed by atoms with Gasteiger partial charge in [-0.1, -0.05) is 6.07 Å². The van der Waals surface area contributed by atoms with Crippen molar-refractivity contribution >= 4 is 17.5 Å². The van der Waals surface area contributed by atoms with E-state index in [1.807, 2.05) is 0 Å². The second-order valence-corrected chi connectivity index (χ2v) is 6.40. The second kappa shape index (κ2) is 6.66. The van der Waals surface area contributed by atoms with Crippen molar-refractivity contribution in [2.75, 3.05) is 25.0 Å². The van der Waals surface area contributed by atoms with E-state index in [0.29, 0.717) is 18.8 Å². The molecule has 2 atom stereocenters. The lowest BCUT2D eigenvalue weighted by atomic mass is 9.84. The van der Waals surface area contributed by atoms with Crippen molar-refractivity contribution in [2.24, 2.45) is 17.8 Å². The number of nitrogens with one attached hydrogen (secondary N) is 1. The van der Waals surface area contributed by atoms with Crippen molar-refractivity contribution in [2.45, 2.75) is 19.3 Å². The highest BCUT2D eigenvalue weighted by Gasteiger charge is 2.46. The van der Waals surface area contributed by atoms with Crippen LogP contribution in [-0.4, -0.2) is 41.5 Å². The number of aliphatic hydroxyl groups is 1. The van der Waals surface area contributed by atoms with E-state index in [0.717, 1.165) is 12.8 Å². The predicted molar refractivity (Wildman–Crippen MR) is 83.0 cm³/mol. The first-order valence-corrected chi connectivity index (χ1v) is 8.03. The Kier molecular flexibility index (Phi) is 4.61. The van der Waals surface area contributed by atoms with Gasteiger partial charge >= 0.3 is 0 Å². The molecule has 6 heteroatoms. The van der Waals surface area contributed by atoms with Crippen molar-refractivity contribution in [3.05, 3.63) is 30.1 Å². The highest BCUT2D eigenvalue weighted by Crippen LogP contribution is 2.42. The zero-order valence-corrected chi connectivity index (χ0v) is 12.9. The van der Waals surface area contributed by atoms with Crippen LogP contribution in [-0.2, 0) is 9.59 Å². The molecule has 2 bridgehead atoms. The Morgan fingerprint density at radius 3 is 2.57 bits per heavy atom. The number of piperidine rings is 1. The maximum absolute atomic E-state index is 13.2. The monoisotopic (exact) mass is 320 g/mol. The Bertz CT molecular complexity index is 593. The summed E-state index contributed by atoms with van der Waals surface area (Å²) in [5, 5.41) is 11.7. The van der Waals surface area contributed by atoms with Gasteiger partial charge in [-0.3, -0.25) is 9.59 Å². The summed E-state index contributed by atoms with van der Waals surface area (Å²) in [5.74, 6) is -0.354. The standard InChI is InChI=1S/C17H21FN2O3/c18-13-2-1-3-14(8-13)19-17(23)16-11-4-5-12(16)10-20(9-11)15(22)6-7-21/h1-3,8,11-12,16,21H,4-7,9-10H2,(H,19,23). The van der Waals surface area contributed by atoms with E-state index >= 15 is 0 Å². The molecule has 23 heavy (non-hydrogen) atoms. The number of carbonyl (C=O) groups is 2. The van der Waals surface area contributed by atoms with Crippen LogP contribution >= 0.6 is 0 Å². The van der Waals surface area contributed by atoms with Gasteiger partial charge in [-0.2, -0.15) is 0 Å². The molecule has 2 aliphatic rings. The summed E-state index contributed by atoms with van der Waals surface area (Å²) in [6.07, 6.45) is 1.99. The topological polar surface area (TPSA) is 69.6 Å². The number of halogens is 1. The van der Waals surface area contributed by atoms with E-state index in [1.54, 1.807) is 17.0 Å². The molecule has 0 spiro atoms. The van der Waals surface area contributed by atoms with Crippen LogP contribution in [0.5, 0.6) is 0 Å². The molecule has 1 saturated heterocycles. The van der Waals surface area contributed by atoms with Crippen LogP contribution in [0, 0.1) is 23.6 Å². The van der Waals surface area contributed by atoms with Crippen LogP contribution in [0.1, 0.15) is 19.3 Å². The molecule has 5 nitrogen and oxygen atoms in total. The van der Waals surface area contributed by atoms with Crippen LogP contribution in [0.15, 0.2) is 24.3 Å². The van der Waals surface area contributed by atoms with Crippen molar-refractivity contribution in [1.29, 1.82) is 0 Å². The zero-order valence-electron chi connectivity index (χ0n) is 12.9. The maximum Gasteiger partial charge on any atom is 0.228 e. The summed E-state index contributed by atoms with van der Waals surface area (Å²) in [6, 6.07) is 5.88. The summed E-state index contributed by atoms with van der Waals surface area (Å²) in [6.45, 7) is 0.987. The first-order chi connectivity index (χ1) is 11.1. The molecule has 1 aliphatic carbocycles. The molecular weight excluding hydrogens is 299 g/mol. The smallest absolute Gasteiger partial charge is 0.228 e.